The van der Waals surface area contributed by atoms with Crippen molar-refractivity contribution < 1.29 is 14.7 Å². The topological polar surface area (TPSA) is 60.9 Å². The van der Waals surface area contributed by atoms with Gasteiger partial charge in [-0.1, -0.05) is 12.1 Å². The van der Waals surface area contributed by atoms with Crippen LogP contribution in [0.4, 0.5) is 5.69 Å². The van der Waals surface area contributed by atoms with Crippen LogP contribution in [0, 0.1) is 0 Å². The summed E-state index contributed by atoms with van der Waals surface area (Å²) < 4.78 is 0. The van der Waals surface area contributed by atoms with Crippen LogP contribution in [0.1, 0.15) is 18.6 Å². The summed E-state index contributed by atoms with van der Waals surface area (Å²) in [6, 6.07) is 7.02. The highest BCUT2D eigenvalue weighted by Gasteiger charge is 2.31. The Labute approximate surface area is 106 Å². The van der Waals surface area contributed by atoms with Gasteiger partial charge in [0.15, 0.2) is 0 Å². The van der Waals surface area contributed by atoms with Crippen molar-refractivity contribution in [1.29, 1.82) is 0 Å². The Morgan fingerprint density at radius 2 is 1.72 bits per heavy atom. The summed E-state index contributed by atoms with van der Waals surface area (Å²) >= 11 is 0. The molecule has 0 spiro atoms. The van der Waals surface area contributed by atoms with E-state index in [4.69, 9.17) is 0 Å². The first kappa shape index (κ1) is 12.6. The van der Waals surface area contributed by atoms with Crippen LogP contribution in [0.25, 0.3) is 0 Å². The quantitative estimate of drug-likeness (QED) is 0.777. The average molecular weight is 248 g/mol. The van der Waals surface area contributed by atoms with Crippen LogP contribution in [-0.4, -0.2) is 42.0 Å². The number of carbonyl (C=O) groups is 2. The van der Waals surface area contributed by atoms with Crippen molar-refractivity contribution in [3.8, 4) is 0 Å². The minimum absolute atomic E-state index is 0.485. The number of anilines is 1. The number of aliphatic hydroxyl groups excluding tert-OH is 1. The van der Waals surface area contributed by atoms with E-state index in [0.717, 1.165) is 5.56 Å². The Hall–Kier alpha value is -1.88. The molecule has 1 N–H and O–H groups in total. The molecule has 0 saturated carbocycles. The van der Waals surface area contributed by atoms with E-state index in [0.29, 0.717) is 18.8 Å². The first-order valence-corrected chi connectivity index (χ1v) is 5.85. The van der Waals surface area contributed by atoms with Crippen LogP contribution >= 0.6 is 0 Å². The minimum Gasteiger partial charge on any atom is -0.389 e. The third-order valence-electron chi connectivity index (χ3n) is 3.12. The van der Waals surface area contributed by atoms with Gasteiger partial charge in [0.1, 0.15) is 0 Å². The largest absolute Gasteiger partial charge is 0.389 e. The van der Waals surface area contributed by atoms with Crippen LogP contribution in [0.15, 0.2) is 24.3 Å². The molecule has 96 valence electrons. The summed E-state index contributed by atoms with van der Waals surface area (Å²) in [5, 5.41) is 9.41. The lowest BCUT2D eigenvalue weighted by Crippen LogP contribution is -2.53. The van der Waals surface area contributed by atoms with E-state index < -0.39 is 17.9 Å². The number of nitrogens with zero attached hydrogens (tertiary/aromatic N) is 2. The van der Waals surface area contributed by atoms with Gasteiger partial charge >= 0.3 is 11.8 Å². The molecule has 0 bridgehead atoms. The second-order valence-electron chi connectivity index (χ2n) is 4.45. The standard InChI is InChI=1S/C13H16N2O3/c1-9(16)10-3-5-11(6-4-10)15-8-7-14(2)12(17)13(15)18/h3-6,9,16H,7-8H2,1-2H3. The van der Waals surface area contributed by atoms with E-state index in [2.05, 4.69) is 0 Å². The van der Waals surface area contributed by atoms with Gasteiger partial charge in [0.05, 0.1) is 6.10 Å². The molecule has 1 aromatic rings. The summed E-state index contributed by atoms with van der Waals surface area (Å²) in [7, 11) is 1.62. The SMILES string of the molecule is CC(O)c1ccc(N2CCN(C)C(=O)C2=O)cc1. The molecule has 1 aromatic carbocycles. The maximum Gasteiger partial charge on any atom is 0.316 e. The highest BCUT2D eigenvalue weighted by atomic mass is 16.3. The molecule has 5 nitrogen and oxygen atoms in total. The number of hydrogen-bond acceptors (Lipinski definition) is 3. The van der Waals surface area contributed by atoms with Gasteiger partial charge in [-0.25, -0.2) is 0 Å². The van der Waals surface area contributed by atoms with Crippen molar-refractivity contribution in [2.75, 3.05) is 25.0 Å². The second kappa shape index (κ2) is 4.78. The molecule has 0 aromatic heterocycles. The van der Waals surface area contributed by atoms with Gasteiger partial charge < -0.3 is 14.9 Å². The predicted molar refractivity (Wildman–Crippen MR) is 67.1 cm³/mol. The summed E-state index contributed by atoms with van der Waals surface area (Å²) in [6.45, 7) is 2.71. The van der Waals surface area contributed by atoms with Gasteiger partial charge in [-0.2, -0.15) is 0 Å². The third-order valence-corrected chi connectivity index (χ3v) is 3.12. The highest BCUT2D eigenvalue weighted by Crippen LogP contribution is 2.20. The number of benzene rings is 1. The van der Waals surface area contributed by atoms with E-state index in [1.165, 1.54) is 9.80 Å². The normalized spacial score (nSPS) is 18.2. The Bertz CT molecular complexity index is 468. The summed E-state index contributed by atoms with van der Waals surface area (Å²) in [4.78, 5) is 26.3. The van der Waals surface area contributed by atoms with E-state index in [1.54, 1.807) is 38.2 Å². The fourth-order valence-corrected chi connectivity index (χ4v) is 1.91. The molecule has 1 fully saturated rings. The van der Waals surface area contributed by atoms with Gasteiger partial charge in [-0.15, -0.1) is 0 Å². The van der Waals surface area contributed by atoms with Gasteiger partial charge in [0.25, 0.3) is 0 Å². The molecule has 0 radical (unpaired) electrons. The zero-order valence-electron chi connectivity index (χ0n) is 10.5. The van der Waals surface area contributed by atoms with E-state index in [9.17, 15) is 14.7 Å². The number of hydrogen-bond donors (Lipinski definition) is 1. The molecule has 1 saturated heterocycles. The number of likely N-dealkylation sites (N-methyl/N-ethyl adjacent to an activating group) is 1. The van der Waals surface area contributed by atoms with Crippen LogP contribution in [-0.2, 0) is 9.59 Å². The lowest BCUT2D eigenvalue weighted by Gasteiger charge is -2.31. The van der Waals surface area contributed by atoms with Crippen molar-refractivity contribution in [1.82, 2.24) is 4.90 Å². The van der Waals surface area contributed by atoms with Crippen LogP contribution < -0.4 is 4.90 Å². The molecule has 1 atom stereocenters. The van der Waals surface area contributed by atoms with Crippen LogP contribution in [0.5, 0.6) is 0 Å². The first-order valence-electron chi connectivity index (χ1n) is 5.85. The zero-order valence-corrected chi connectivity index (χ0v) is 10.5. The Morgan fingerprint density at radius 3 is 2.28 bits per heavy atom. The Balaban J connectivity index is 2.21. The summed E-state index contributed by atoms with van der Waals surface area (Å²) in [5.41, 5.74) is 1.47. The second-order valence-corrected chi connectivity index (χ2v) is 4.45. The molecule has 2 rings (SSSR count). The van der Waals surface area contributed by atoms with Crippen molar-refractivity contribution in [3.63, 3.8) is 0 Å². The summed E-state index contributed by atoms with van der Waals surface area (Å²) in [5.74, 6) is -0.991. The molecule has 0 aliphatic carbocycles. The van der Waals surface area contributed by atoms with Gasteiger partial charge in [0.2, 0.25) is 0 Å². The van der Waals surface area contributed by atoms with Crippen LogP contribution in [0.2, 0.25) is 0 Å². The van der Waals surface area contributed by atoms with Crippen molar-refractivity contribution in [2.45, 2.75) is 13.0 Å². The fourth-order valence-electron chi connectivity index (χ4n) is 1.91. The van der Waals surface area contributed by atoms with E-state index >= 15 is 0 Å². The number of amides is 2. The van der Waals surface area contributed by atoms with Gasteiger partial charge in [-0.3, -0.25) is 9.59 Å². The molecule has 1 unspecified atom stereocenters. The molecule has 1 aliphatic heterocycles. The maximum absolute atomic E-state index is 11.8. The lowest BCUT2D eigenvalue weighted by molar-refractivity contribution is -0.145. The van der Waals surface area contributed by atoms with Crippen molar-refractivity contribution in [3.05, 3.63) is 29.8 Å². The number of rotatable bonds is 2. The minimum atomic E-state index is -0.538. The average Bonchev–Trinajstić information content (AvgIpc) is 2.36. The van der Waals surface area contributed by atoms with E-state index in [1.807, 2.05) is 0 Å². The molecule has 5 heteroatoms. The zero-order chi connectivity index (χ0) is 13.3. The molecular weight excluding hydrogens is 232 g/mol. The van der Waals surface area contributed by atoms with Crippen LogP contribution in [0.3, 0.4) is 0 Å². The first-order chi connectivity index (χ1) is 8.50. The Morgan fingerprint density at radius 1 is 1.11 bits per heavy atom. The third kappa shape index (κ3) is 2.22. The molecular formula is C13H16N2O3. The van der Waals surface area contributed by atoms with Gasteiger partial charge in [0, 0.05) is 25.8 Å². The highest BCUT2D eigenvalue weighted by molar-refractivity contribution is 6.40. The Kier molecular flexibility index (Phi) is 3.34. The fraction of sp³-hybridized carbons (Fsp3) is 0.385. The number of carbonyl (C=O) groups excluding carboxylic acids is 2. The molecule has 2 amide bonds. The monoisotopic (exact) mass is 248 g/mol. The predicted octanol–water partition coefficient (Wildman–Crippen LogP) is 0.545. The summed E-state index contributed by atoms with van der Waals surface area (Å²) in [6.07, 6.45) is -0.538. The van der Waals surface area contributed by atoms with E-state index in [-0.39, 0.29) is 0 Å². The van der Waals surface area contributed by atoms with Crippen molar-refractivity contribution in [2.24, 2.45) is 0 Å². The maximum atomic E-state index is 11.8. The molecule has 1 heterocycles. The lowest BCUT2D eigenvalue weighted by atomic mass is 10.1. The smallest absolute Gasteiger partial charge is 0.316 e. The number of aliphatic hydroxyl groups is 1. The number of piperazine rings is 1. The molecule has 18 heavy (non-hydrogen) atoms. The van der Waals surface area contributed by atoms with Crippen molar-refractivity contribution >= 4 is 17.5 Å². The van der Waals surface area contributed by atoms with Gasteiger partial charge in [-0.05, 0) is 24.6 Å². The molecule has 1 aliphatic rings.